The molecule has 0 radical (unpaired) electrons. The second-order valence-electron chi connectivity index (χ2n) is 6.59. The topological polar surface area (TPSA) is 69.6 Å². The molecule has 0 aromatic heterocycles. The number of rotatable bonds is 7. The summed E-state index contributed by atoms with van der Waals surface area (Å²) in [6.07, 6.45) is 1.40. The number of anilines is 1. The van der Waals surface area contributed by atoms with Gasteiger partial charge in [-0.3, -0.25) is 4.31 Å². The van der Waals surface area contributed by atoms with Crippen LogP contribution in [0.15, 0.2) is 24.3 Å². The summed E-state index contributed by atoms with van der Waals surface area (Å²) in [6.45, 7) is 7.06. The summed E-state index contributed by atoms with van der Waals surface area (Å²) in [5.74, 6) is 0.656. The van der Waals surface area contributed by atoms with Gasteiger partial charge in [0.15, 0.2) is 0 Å². The molecule has 1 aliphatic heterocycles. The van der Waals surface area contributed by atoms with Gasteiger partial charge in [-0.05, 0) is 43.4 Å². The lowest BCUT2D eigenvalue weighted by atomic mass is 9.98. The molecule has 2 rings (SSSR count). The summed E-state index contributed by atoms with van der Waals surface area (Å²) in [5.41, 5.74) is 1.81. The summed E-state index contributed by atoms with van der Waals surface area (Å²) in [6, 6.07) is 8.06. The molecule has 0 aliphatic carbocycles. The highest BCUT2D eigenvalue weighted by molar-refractivity contribution is 7.93. The molecule has 1 aromatic rings. The number of aliphatic hydroxyl groups is 1. The van der Waals surface area contributed by atoms with Gasteiger partial charge >= 0.3 is 0 Å². The molecule has 0 spiro atoms. The average Bonchev–Trinajstić information content (AvgIpc) is 2.86. The molecule has 0 saturated carbocycles. The highest BCUT2D eigenvalue weighted by Crippen LogP contribution is 2.27. The largest absolute Gasteiger partial charge is 0.396 e. The predicted octanol–water partition coefficient (Wildman–Crippen LogP) is 2.28. The Hall–Kier alpha value is -1.11. The van der Waals surface area contributed by atoms with Crippen molar-refractivity contribution in [3.05, 3.63) is 29.8 Å². The van der Waals surface area contributed by atoms with Crippen molar-refractivity contribution in [2.75, 3.05) is 23.2 Å². The van der Waals surface area contributed by atoms with Crippen LogP contribution in [0.5, 0.6) is 0 Å². The zero-order chi connectivity index (χ0) is 17.0. The van der Waals surface area contributed by atoms with Gasteiger partial charge in [-0.1, -0.05) is 26.0 Å². The van der Waals surface area contributed by atoms with Crippen LogP contribution in [0.1, 0.15) is 45.2 Å². The minimum atomic E-state index is -3.15. The Bertz CT molecular complexity index is 616. The number of nitrogens with one attached hydrogen (secondary N) is 1. The molecular weight excluding hydrogens is 312 g/mol. The van der Waals surface area contributed by atoms with Crippen molar-refractivity contribution in [3.63, 3.8) is 0 Å². The van der Waals surface area contributed by atoms with Crippen LogP contribution < -0.4 is 9.62 Å². The van der Waals surface area contributed by atoms with E-state index in [9.17, 15) is 13.5 Å². The smallest absolute Gasteiger partial charge is 0.235 e. The predicted molar refractivity (Wildman–Crippen MR) is 94.1 cm³/mol. The van der Waals surface area contributed by atoms with Gasteiger partial charge < -0.3 is 10.4 Å². The Morgan fingerprint density at radius 3 is 2.61 bits per heavy atom. The van der Waals surface area contributed by atoms with Crippen LogP contribution in [0, 0.1) is 5.92 Å². The lowest BCUT2D eigenvalue weighted by Gasteiger charge is -2.27. The second kappa shape index (κ2) is 7.64. The Morgan fingerprint density at radius 1 is 1.30 bits per heavy atom. The maximum absolute atomic E-state index is 12.1. The van der Waals surface area contributed by atoms with Gasteiger partial charge in [-0.2, -0.15) is 0 Å². The van der Waals surface area contributed by atoms with Gasteiger partial charge in [-0.25, -0.2) is 8.42 Å². The van der Waals surface area contributed by atoms with E-state index in [0.29, 0.717) is 25.3 Å². The third-order valence-electron chi connectivity index (χ3n) is 4.47. The maximum atomic E-state index is 12.1. The molecule has 1 saturated heterocycles. The maximum Gasteiger partial charge on any atom is 0.235 e. The SMILES string of the molecule is CC(NC(CCO)C(C)C)c1cccc(N2CCCS2(=O)=O)c1. The summed E-state index contributed by atoms with van der Waals surface area (Å²) in [7, 11) is -3.15. The van der Waals surface area contributed by atoms with Crippen LogP contribution in [0.2, 0.25) is 0 Å². The van der Waals surface area contributed by atoms with Crippen LogP contribution >= 0.6 is 0 Å². The summed E-state index contributed by atoms with van der Waals surface area (Å²) < 4.78 is 25.7. The zero-order valence-corrected chi connectivity index (χ0v) is 15.0. The van der Waals surface area contributed by atoms with Gasteiger partial charge in [0.25, 0.3) is 0 Å². The first-order chi connectivity index (χ1) is 10.8. The summed E-state index contributed by atoms with van der Waals surface area (Å²) >= 11 is 0. The molecule has 130 valence electrons. The lowest BCUT2D eigenvalue weighted by Crippen LogP contribution is -2.36. The van der Waals surface area contributed by atoms with Crippen LogP contribution in [0.4, 0.5) is 5.69 Å². The van der Waals surface area contributed by atoms with E-state index in [-0.39, 0.29) is 24.4 Å². The molecule has 1 aliphatic rings. The number of hydrogen-bond donors (Lipinski definition) is 2. The number of hydrogen-bond acceptors (Lipinski definition) is 4. The van der Waals surface area contributed by atoms with Crippen molar-refractivity contribution >= 4 is 15.7 Å². The van der Waals surface area contributed by atoms with E-state index in [4.69, 9.17) is 0 Å². The van der Waals surface area contributed by atoms with E-state index in [1.165, 1.54) is 4.31 Å². The molecule has 23 heavy (non-hydrogen) atoms. The number of benzene rings is 1. The standard InChI is InChI=1S/C17H28N2O3S/c1-13(2)17(8-10-20)18-14(3)15-6-4-7-16(12-15)19-9-5-11-23(19,21)22/h4,6-7,12-14,17-18,20H,5,8-11H2,1-3H3. The minimum Gasteiger partial charge on any atom is -0.396 e. The van der Waals surface area contributed by atoms with E-state index in [1.54, 1.807) is 0 Å². The fourth-order valence-corrected chi connectivity index (χ4v) is 4.60. The van der Waals surface area contributed by atoms with E-state index in [2.05, 4.69) is 26.1 Å². The number of sulfonamides is 1. The van der Waals surface area contributed by atoms with Gasteiger partial charge in [0.05, 0.1) is 11.4 Å². The average molecular weight is 340 g/mol. The first kappa shape index (κ1) is 18.2. The number of aliphatic hydroxyl groups excluding tert-OH is 1. The third-order valence-corrected chi connectivity index (χ3v) is 6.34. The first-order valence-electron chi connectivity index (χ1n) is 8.32. The Kier molecular flexibility index (Phi) is 6.06. The van der Waals surface area contributed by atoms with Crippen LogP contribution in [0.3, 0.4) is 0 Å². The Balaban J connectivity index is 2.15. The quantitative estimate of drug-likeness (QED) is 0.799. The van der Waals surface area contributed by atoms with E-state index >= 15 is 0 Å². The molecular formula is C17H28N2O3S. The van der Waals surface area contributed by atoms with E-state index in [1.807, 2.05) is 24.3 Å². The molecule has 5 nitrogen and oxygen atoms in total. The first-order valence-corrected chi connectivity index (χ1v) is 9.93. The summed E-state index contributed by atoms with van der Waals surface area (Å²) in [5, 5.41) is 12.7. The minimum absolute atomic E-state index is 0.0965. The molecule has 2 unspecified atom stereocenters. The van der Waals surface area contributed by atoms with Crippen molar-refractivity contribution in [2.45, 2.75) is 45.7 Å². The van der Waals surface area contributed by atoms with E-state index < -0.39 is 10.0 Å². The zero-order valence-electron chi connectivity index (χ0n) is 14.2. The van der Waals surface area contributed by atoms with Crippen molar-refractivity contribution < 1.29 is 13.5 Å². The fourth-order valence-electron chi connectivity index (χ4n) is 3.04. The van der Waals surface area contributed by atoms with E-state index in [0.717, 1.165) is 11.3 Å². The third kappa shape index (κ3) is 4.46. The molecule has 1 fully saturated rings. The molecule has 2 N–H and O–H groups in total. The van der Waals surface area contributed by atoms with Crippen LogP contribution in [-0.2, 0) is 10.0 Å². The van der Waals surface area contributed by atoms with Gasteiger partial charge in [0.1, 0.15) is 0 Å². The Labute approximate surface area is 139 Å². The van der Waals surface area contributed by atoms with Crippen molar-refractivity contribution in [1.82, 2.24) is 5.32 Å². The highest BCUT2D eigenvalue weighted by atomic mass is 32.2. The lowest BCUT2D eigenvalue weighted by molar-refractivity contribution is 0.237. The number of nitrogens with zero attached hydrogens (tertiary/aromatic N) is 1. The second-order valence-corrected chi connectivity index (χ2v) is 8.60. The normalized spacial score (nSPS) is 20.0. The van der Waals surface area contributed by atoms with Crippen molar-refractivity contribution in [3.8, 4) is 0 Å². The summed E-state index contributed by atoms with van der Waals surface area (Å²) in [4.78, 5) is 0. The molecule has 1 heterocycles. The van der Waals surface area contributed by atoms with Crippen molar-refractivity contribution in [1.29, 1.82) is 0 Å². The van der Waals surface area contributed by atoms with Gasteiger partial charge in [0.2, 0.25) is 10.0 Å². The molecule has 6 heteroatoms. The molecule has 2 atom stereocenters. The molecule has 1 aromatic carbocycles. The molecule has 0 amide bonds. The van der Waals surface area contributed by atoms with Crippen LogP contribution in [0.25, 0.3) is 0 Å². The Morgan fingerprint density at radius 2 is 2.04 bits per heavy atom. The van der Waals surface area contributed by atoms with Crippen LogP contribution in [-0.4, -0.2) is 38.5 Å². The monoisotopic (exact) mass is 340 g/mol. The highest BCUT2D eigenvalue weighted by Gasteiger charge is 2.28. The fraction of sp³-hybridized carbons (Fsp3) is 0.647. The molecule has 0 bridgehead atoms. The van der Waals surface area contributed by atoms with Gasteiger partial charge in [-0.15, -0.1) is 0 Å². The van der Waals surface area contributed by atoms with Crippen molar-refractivity contribution in [2.24, 2.45) is 5.92 Å². The van der Waals surface area contributed by atoms with Gasteiger partial charge in [0, 0.05) is 25.2 Å².